The van der Waals surface area contributed by atoms with Crippen molar-refractivity contribution in [2.45, 2.75) is 134 Å². The monoisotopic (exact) mass is 510 g/mol. The number of hydrogen-bond acceptors (Lipinski definition) is 5. The van der Waals surface area contributed by atoms with Crippen molar-refractivity contribution in [1.82, 2.24) is 9.55 Å². The van der Waals surface area contributed by atoms with Gasteiger partial charge in [-0.2, -0.15) is 0 Å². The van der Waals surface area contributed by atoms with Crippen LogP contribution < -0.4 is 11.2 Å². The first-order valence-corrected chi connectivity index (χ1v) is 18.5. The number of nitrogens with one attached hydrogen (secondary N) is 1. The molecule has 2 fully saturated rings. The highest BCUT2D eigenvalue weighted by atomic mass is 28.4. The molecule has 0 aromatic carbocycles. The number of hydrogen-bond donors (Lipinski definition) is 1. The maximum absolute atomic E-state index is 12.7. The lowest BCUT2D eigenvalue weighted by atomic mass is 9.93. The van der Waals surface area contributed by atoms with Crippen molar-refractivity contribution < 1.29 is 13.6 Å². The molecular formula is C25H46N2O5Si2. The number of aryl methyl sites for hydroxylation is 1. The van der Waals surface area contributed by atoms with Crippen LogP contribution in [0.5, 0.6) is 0 Å². The molecule has 1 saturated carbocycles. The Morgan fingerprint density at radius 3 is 2.06 bits per heavy atom. The van der Waals surface area contributed by atoms with Crippen LogP contribution in [-0.2, 0) is 13.6 Å². The fourth-order valence-corrected chi connectivity index (χ4v) is 7.32. The predicted octanol–water partition coefficient (Wildman–Crippen LogP) is 5.47. The first-order chi connectivity index (χ1) is 15.3. The van der Waals surface area contributed by atoms with Crippen molar-refractivity contribution in [3.63, 3.8) is 0 Å². The highest BCUT2D eigenvalue weighted by molar-refractivity contribution is 6.74. The second-order valence-corrected chi connectivity index (χ2v) is 22.9. The predicted molar refractivity (Wildman–Crippen MR) is 142 cm³/mol. The number of ether oxygens (including phenoxy) is 1. The van der Waals surface area contributed by atoms with Crippen molar-refractivity contribution in [2.24, 2.45) is 0 Å². The highest BCUT2D eigenvalue weighted by Gasteiger charge is 2.61. The van der Waals surface area contributed by atoms with Gasteiger partial charge in [-0.3, -0.25) is 14.3 Å². The molecule has 2 heterocycles. The van der Waals surface area contributed by atoms with Crippen LogP contribution in [0.15, 0.2) is 15.8 Å². The summed E-state index contributed by atoms with van der Waals surface area (Å²) >= 11 is 0. The molecule has 1 N–H and O–H groups in total. The summed E-state index contributed by atoms with van der Waals surface area (Å²) in [5, 5.41) is 0.129. The zero-order valence-electron chi connectivity index (χ0n) is 23.1. The summed E-state index contributed by atoms with van der Waals surface area (Å²) in [5.74, 6) is 0. The molecule has 1 spiro atoms. The van der Waals surface area contributed by atoms with E-state index in [-0.39, 0.29) is 27.8 Å². The minimum Gasteiger partial charge on any atom is -0.411 e. The molecule has 4 atom stereocenters. The maximum Gasteiger partial charge on any atom is 0.330 e. The van der Waals surface area contributed by atoms with Gasteiger partial charge in [0.2, 0.25) is 0 Å². The quantitative estimate of drug-likeness (QED) is 0.531. The minimum atomic E-state index is -2.12. The van der Waals surface area contributed by atoms with Gasteiger partial charge in [0.1, 0.15) is 11.8 Å². The van der Waals surface area contributed by atoms with Gasteiger partial charge in [0.05, 0.1) is 12.2 Å². The molecule has 2 aliphatic rings. The molecule has 1 aromatic rings. The van der Waals surface area contributed by atoms with E-state index in [4.69, 9.17) is 13.6 Å². The van der Waals surface area contributed by atoms with Crippen LogP contribution >= 0.6 is 0 Å². The van der Waals surface area contributed by atoms with Gasteiger partial charge in [-0.1, -0.05) is 41.5 Å². The summed E-state index contributed by atoms with van der Waals surface area (Å²) in [5.41, 5.74) is -0.905. The van der Waals surface area contributed by atoms with E-state index in [0.29, 0.717) is 12.0 Å². The lowest BCUT2D eigenvalue weighted by Gasteiger charge is -2.46. The van der Waals surface area contributed by atoms with E-state index < -0.39 is 34.2 Å². The molecule has 0 unspecified atom stereocenters. The van der Waals surface area contributed by atoms with Gasteiger partial charge < -0.3 is 13.6 Å². The van der Waals surface area contributed by atoms with Gasteiger partial charge in [-0.15, -0.1) is 0 Å². The van der Waals surface area contributed by atoms with Crippen LogP contribution in [0.25, 0.3) is 0 Å². The van der Waals surface area contributed by atoms with Crippen molar-refractivity contribution >= 4 is 16.6 Å². The average molecular weight is 511 g/mol. The van der Waals surface area contributed by atoms with E-state index in [2.05, 4.69) is 72.7 Å². The molecule has 194 valence electrons. The third kappa shape index (κ3) is 4.96. The first kappa shape index (κ1) is 27.6. The van der Waals surface area contributed by atoms with Crippen LogP contribution in [0.2, 0.25) is 36.3 Å². The molecular weight excluding hydrogens is 464 g/mol. The van der Waals surface area contributed by atoms with Crippen LogP contribution in [-0.4, -0.2) is 44.0 Å². The van der Waals surface area contributed by atoms with Crippen LogP contribution in [0, 0.1) is 6.92 Å². The Morgan fingerprint density at radius 1 is 1.00 bits per heavy atom. The Labute approximate surface area is 206 Å². The summed E-state index contributed by atoms with van der Waals surface area (Å²) in [6, 6.07) is 0. The fourth-order valence-electron chi connectivity index (χ4n) is 4.57. The highest BCUT2D eigenvalue weighted by Crippen LogP contribution is 2.53. The van der Waals surface area contributed by atoms with Gasteiger partial charge in [0.15, 0.2) is 16.6 Å². The zero-order chi connectivity index (χ0) is 25.9. The Morgan fingerprint density at radius 2 is 1.53 bits per heavy atom. The maximum atomic E-state index is 12.7. The molecule has 9 heteroatoms. The second kappa shape index (κ2) is 8.83. The van der Waals surface area contributed by atoms with Gasteiger partial charge in [-0.25, -0.2) is 4.79 Å². The summed E-state index contributed by atoms with van der Waals surface area (Å²) in [6.07, 6.45) is 4.21. The fraction of sp³-hybridized carbons (Fsp3) is 0.840. The molecule has 3 rings (SSSR count). The molecule has 0 radical (unpaired) electrons. The normalized spacial score (nSPS) is 28.7. The molecule has 0 bridgehead atoms. The molecule has 0 amide bonds. The number of H-pyrrole nitrogens is 1. The van der Waals surface area contributed by atoms with E-state index in [1.165, 1.54) is 4.57 Å². The van der Waals surface area contributed by atoms with E-state index in [1.54, 1.807) is 13.1 Å². The summed E-state index contributed by atoms with van der Waals surface area (Å²) in [7, 11) is -4.18. The van der Waals surface area contributed by atoms with E-state index in [0.717, 1.165) is 19.3 Å². The molecule has 1 aliphatic heterocycles. The van der Waals surface area contributed by atoms with Crippen LogP contribution in [0.1, 0.15) is 79.0 Å². The summed E-state index contributed by atoms with van der Waals surface area (Å²) in [6.45, 7) is 24.3. The third-order valence-electron chi connectivity index (χ3n) is 8.84. The summed E-state index contributed by atoms with van der Waals surface area (Å²) < 4.78 is 22.4. The average Bonchev–Trinajstić information content (AvgIpc) is 3.20. The number of rotatable bonds is 5. The second-order valence-electron chi connectivity index (χ2n) is 13.4. The molecule has 7 nitrogen and oxygen atoms in total. The summed E-state index contributed by atoms with van der Waals surface area (Å²) in [4.78, 5) is 27.2. The molecule has 1 saturated heterocycles. The van der Waals surface area contributed by atoms with Gasteiger partial charge >= 0.3 is 5.69 Å². The third-order valence-corrected chi connectivity index (χ3v) is 17.8. The van der Waals surface area contributed by atoms with Crippen molar-refractivity contribution in [1.29, 1.82) is 0 Å². The van der Waals surface area contributed by atoms with Crippen LogP contribution in [0.4, 0.5) is 0 Å². The molecule has 34 heavy (non-hydrogen) atoms. The molecule has 1 aliphatic carbocycles. The van der Waals surface area contributed by atoms with Crippen molar-refractivity contribution in [2.75, 3.05) is 0 Å². The van der Waals surface area contributed by atoms with Crippen molar-refractivity contribution in [3.05, 3.63) is 32.6 Å². The largest absolute Gasteiger partial charge is 0.411 e. The Hall–Kier alpha value is -1.01. The topological polar surface area (TPSA) is 82.6 Å². The SMILES string of the molecule is Cc1cn([C@@H]2C[C@H](O[Si](C)(C)C(C)(C)C)[C@]3(CCC[C@@H]3O[Si](C)(C)C(C)(C)C)O2)c(=O)[nH]c1=O. The lowest BCUT2D eigenvalue weighted by Crippen LogP contribution is -2.57. The Bertz CT molecular complexity index is 1020. The van der Waals surface area contributed by atoms with Gasteiger partial charge in [0.25, 0.3) is 5.56 Å². The number of aromatic nitrogens is 2. The Balaban J connectivity index is 2.05. The van der Waals surface area contributed by atoms with Crippen LogP contribution in [0.3, 0.4) is 0 Å². The molecule has 1 aromatic heterocycles. The zero-order valence-corrected chi connectivity index (χ0v) is 25.1. The smallest absolute Gasteiger partial charge is 0.330 e. The lowest BCUT2D eigenvalue weighted by molar-refractivity contribution is -0.143. The van der Waals surface area contributed by atoms with Gasteiger partial charge in [0, 0.05) is 18.2 Å². The van der Waals surface area contributed by atoms with E-state index in [9.17, 15) is 9.59 Å². The van der Waals surface area contributed by atoms with E-state index >= 15 is 0 Å². The van der Waals surface area contributed by atoms with E-state index in [1.807, 2.05) is 0 Å². The standard InChI is InChI=1S/C25H46N2O5Si2/c1-17-16-27(22(29)26-21(17)28)20-15-19(32-34(10,11)24(5,6)7)25(30-20)14-12-13-18(25)31-33(8,9)23(2,3)4/h16,18-20H,12-15H2,1-11H3,(H,26,28,29)/t18-,19-,20-,25+/m0/s1. The number of aromatic amines is 1. The Kier molecular flexibility index (Phi) is 7.16. The van der Waals surface area contributed by atoms with Gasteiger partial charge in [-0.05, 0) is 62.5 Å². The first-order valence-electron chi connectivity index (χ1n) is 12.7. The number of nitrogens with zero attached hydrogens (tertiary/aromatic N) is 1. The minimum absolute atomic E-state index is 0.0477. The van der Waals surface area contributed by atoms with Crippen molar-refractivity contribution in [3.8, 4) is 0 Å².